The number of rotatable bonds is 2. The van der Waals surface area contributed by atoms with Gasteiger partial charge in [-0.25, -0.2) is 5.01 Å². The molecule has 5 heteroatoms. The third-order valence-electron chi connectivity index (χ3n) is 6.00. The number of nitrogens with zero attached hydrogens (tertiary/aromatic N) is 2. The van der Waals surface area contributed by atoms with Gasteiger partial charge < -0.3 is 9.47 Å². The third kappa shape index (κ3) is 2.78. The summed E-state index contributed by atoms with van der Waals surface area (Å²) in [5.41, 5.74) is 3.00. The van der Waals surface area contributed by atoms with E-state index in [2.05, 4.69) is 17.1 Å². The summed E-state index contributed by atoms with van der Waals surface area (Å²) in [4.78, 5) is 0. The predicted octanol–water partition coefficient (Wildman–Crippen LogP) is 5.55. The van der Waals surface area contributed by atoms with Gasteiger partial charge in [0, 0.05) is 35.4 Å². The van der Waals surface area contributed by atoms with Gasteiger partial charge >= 0.3 is 0 Å². The second kappa shape index (κ2) is 6.45. The lowest BCUT2D eigenvalue weighted by molar-refractivity contribution is -0.140. The Bertz CT molecular complexity index is 905. The van der Waals surface area contributed by atoms with Crippen LogP contribution in [0.1, 0.15) is 55.7 Å². The second-order valence-electron chi connectivity index (χ2n) is 7.63. The van der Waals surface area contributed by atoms with Crippen molar-refractivity contribution < 1.29 is 9.47 Å². The molecule has 1 spiro atoms. The molecule has 0 unspecified atom stereocenters. The van der Waals surface area contributed by atoms with Gasteiger partial charge in [-0.15, -0.1) is 0 Å². The quantitative estimate of drug-likeness (QED) is 0.682. The van der Waals surface area contributed by atoms with Crippen LogP contribution in [0.2, 0.25) is 5.02 Å². The maximum absolute atomic E-state index is 6.59. The van der Waals surface area contributed by atoms with Crippen LogP contribution in [0.15, 0.2) is 47.6 Å². The van der Waals surface area contributed by atoms with Crippen LogP contribution in [0.25, 0.3) is 0 Å². The lowest BCUT2D eigenvalue weighted by Crippen LogP contribution is -2.54. The Labute approximate surface area is 164 Å². The Kier molecular flexibility index (Phi) is 4.05. The largest absolute Gasteiger partial charge is 0.497 e. The van der Waals surface area contributed by atoms with Crippen molar-refractivity contribution in [3.63, 3.8) is 0 Å². The Balaban J connectivity index is 1.59. The summed E-state index contributed by atoms with van der Waals surface area (Å²) in [6.45, 7) is 0. The molecule has 1 saturated carbocycles. The molecule has 1 atom stereocenters. The molecule has 5 rings (SSSR count). The number of hydrazone groups is 1. The SMILES string of the molecule is COc1cccc(C2=NN3[C@H](C2)c2cc(Cl)ccc2OC32CCCCC2)c1. The van der Waals surface area contributed by atoms with Crippen molar-refractivity contribution in [3.05, 3.63) is 58.6 Å². The van der Waals surface area contributed by atoms with E-state index in [9.17, 15) is 0 Å². The molecule has 140 valence electrons. The molecule has 0 saturated heterocycles. The predicted molar refractivity (Wildman–Crippen MR) is 107 cm³/mol. The van der Waals surface area contributed by atoms with Crippen LogP contribution in [-0.4, -0.2) is 23.6 Å². The maximum Gasteiger partial charge on any atom is 0.198 e. The number of methoxy groups -OCH3 is 1. The summed E-state index contributed by atoms with van der Waals surface area (Å²) in [6.07, 6.45) is 6.50. The van der Waals surface area contributed by atoms with Gasteiger partial charge in [0.2, 0.25) is 0 Å². The summed E-state index contributed by atoms with van der Waals surface area (Å²) in [5, 5.41) is 8.07. The summed E-state index contributed by atoms with van der Waals surface area (Å²) in [5.74, 6) is 1.82. The van der Waals surface area contributed by atoms with Crippen LogP contribution in [0.5, 0.6) is 11.5 Å². The smallest absolute Gasteiger partial charge is 0.198 e. The molecule has 0 amide bonds. The fourth-order valence-electron chi connectivity index (χ4n) is 4.66. The zero-order valence-electron chi connectivity index (χ0n) is 15.5. The summed E-state index contributed by atoms with van der Waals surface area (Å²) in [7, 11) is 1.70. The minimum Gasteiger partial charge on any atom is -0.497 e. The molecule has 2 aliphatic heterocycles. The van der Waals surface area contributed by atoms with Gasteiger partial charge in [-0.05, 0) is 43.2 Å². The van der Waals surface area contributed by atoms with E-state index in [1.807, 2.05) is 30.3 Å². The fraction of sp³-hybridized carbons (Fsp3) is 0.409. The molecule has 0 aromatic heterocycles. The van der Waals surface area contributed by atoms with Crippen molar-refractivity contribution in [2.75, 3.05) is 7.11 Å². The molecular weight excluding hydrogens is 360 g/mol. The van der Waals surface area contributed by atoms with Gasteiger partial charge in [-0.2, -0.15) is 5.10 Å². The second-order valence-corrected chi connectivity index (χ2v) is 8.07. The van der Waals surface area contributed by atoms with Crippen LogP contribution < -0.4 is 9.47 Å². The average molecular weight is 383 g/mol. The van der Waals surface area contributed by atoms with Crippen molar-refractivity contribution in [1.82, 2.24) is 5.01 Å². The number of halogens is 1. The monoisotopic (exact) mass is 382 g/mol. The Morgan fingerprint density at radius 2 is 2.00 bits per heavy atom. The molecule has 0 bridgehead atoms. The van der Waals surface area contributed by atoms with Crippen LogP contribution in [0, 0.1) is 0 Å². The topological polar surface area (TPSA) is 34.1 Å². The molecular formula is C22H23ClN2O2. The normalized spacial score (nSPS) is 22.7. The van der Waals surface area contributed by atoms with Crippen LogP contribution in [0.4, 0.5) is 0 Å². The highest BCUT2D eigenvalue weighted by Crippen LogP contribution is 2.51. The van der Waals surface area contributed by atoms with E-state index in [-0.39, 0.29) is 11.8 Å². The van der Waals surface area contributed by atoms with Gasteiger partial charge in [0.1, 0.15) is 11.5 Å². The van der Waals surface area contributed by atoms with Crippen molar-refractivity contribution in [2.45, 2.75) is 50.3 Å². The molecule has 4 nitrogen and oxygen atoms in total. The first-order chi connectivity index (χ1) is 13.2. The molecule has 27 heavy (non-hydrogen) atoms. The molecule has 0 radical (unpaired) electrons. The first-order valence-corrected chi connectivity index (χ1v) is 10.1. The number of ether oxygens (including phenoxy) is 2. The van der Waals surface area contributed by atoms with Crippen LogP contribution >= 0.6 is 11.6 Å². The highest BCUT2D eigenvalue weighted by Gasteiger charge is 2.50. The number of hydrogen-bond acceptors (Lipinski definition) is 4. The van der Waals surface area contributed by atoms with Crippen LogP contribution in [-0.2, 0) is 0 Å². The zero-order chi connectivity index (χ0) is 18.4. The van der Waals surface area contributed by atoms with E-state index in [0.29, 0.717) is 0 Å². The van der Waals surface area contributed by atoms with E-state index in [4.69, 9.17) is 26.2 Å². The van der Waals surface area contributed by atoms with Crippen molar-refractivity contribution in [3.8, 4) is 11.5 Å². The lowest BCUT2D eigenvalue weighted by atomic mass is 9.86. The number of fused-ring (bicyclic) bond motifs is 4. The maximum atomic E-state index is 6.59. The number of hydrogen-bond donors (Lipinski definition) is 0. The standard InChI is InChI=1S/C22H23ClN2O2/c1-26-17-7-5-6-15(12-17)19-14-20-18-13-16(23)8-9-21(18)27-22(25(20)24-19)10-3-2-4-11-22/h5-9,12-13,20H,2-4,10-11,14H2,1H3/t20-/m1/s1. The third-order valence-corrected chi connectivity index (χ3v) is 6.23. The lowest BCUT2D eigenvalue weighted by Gasteiger charge is -2.49. The molecule has 2 aromatic carbocycles. The molecule has 2 aromatic rings. The van der Waals surface area contributed by atoms with Gasteiger partial charge in [0.15, 0.2) is 5.72 Å². The summed E-state index contributed by atoms with van der Waals surface area (Å²) >= 11 is 6.31. The van der Waals surface area contributed by atoms with Crippen molar-refractivity contribution in [1.29, 1.82) is 0 Å². The van der Waals surface area contributed by atoms with Gasteiger partial charge in [0.05, 0.1) is 18.9 Å². The van der Waals surface area contributed by atoms with E-state index in [1.54, 1.807) is 7.11 Å². The van der Waals surface area contributed by atoms with E-state index < -0.39 is 0 Å². The first-order valence-electron chi connectivity index (χ1n) is 9.68. The zero-order valence-corrected chi connectivity index (χ0v) is 16.2. The highest BCUT2D eigenvalue weighted by molar-refractivity contribution is 6.30. The summed E-state index contributed by atoms with van der Waals surface area (Å²) < 4.78 is 12.0. The van der Waals surface area contributed by atoms with Crippen LogP contribution in [0.3, 0.4) is 0 Å². The van der Waals surface area contributed by atoms with E-state index in [0.717, 1.165) is 52.6 Å². The Morgan fingerprint density at radius 3 is 2.81 bits per heavy atom. The molecule has 2 heterocycles. The summed E-state index contributed by atoms with van der Waals surface area (Å²) in [6, 6.07) is 14.3. The Hall–Kier alpha value is -2.20. The molecule has 3 aliphatic rings. The average Bonchev–Trinajstić information content (AvgIpc) is 3.17. The Morgan fingerprint density at radius 1 is 1.15 bits per heavy atom. The fourth-order valence-corrected chi connectivity index (χ4v) is 4.85. The van der Waals surface area contributed by atoms with Crippen molar-refractivity contribution >= 4 is 17.3 Å². The first kappa shape index (κ1) is 16.9. The molecule has 0 N–H and O–H groups in total. The van der Waals surface area contributed by atoms with Gasteiger partial charge in [-0.3, -0.25) is 0 Å². The van der Waals surface area contributed by atoms with E-state index >= 15 is 0 Å². The number of benzene rings is 2. The van der Waals surface area contributed by atoms with Crippen molar-refractivity contribution in [2.24, 2.45) is 5.10 Å². The van der Waals surface area contributed by atoms with E-state index in [1.165, 1.54) is 19.3 Å². The van der Waals surface area contributed by atoms with Gasteiger partial charge in [-0.1, -0.05) is 30.2 Å². The van der Waals surface area contributed by atoms with Gasteiger partial charge in [0.25, 0.3) is 0 Å². The minimum absolute atomic E-state index is 0.173. The minimum atomic E-state index is -0.329. The molecule has 1 aliphatic carbocycles. The molecule has 1 fully saturated rings. The highest BCUT2D eigenvalue weighted by atomic mass is 35.5.